The third-order valence-electron chi connectivity index (χ3n) is 6.16. The Morgan fingerprint density at radius 1 is 0.919 bits per heavy atom. The molecule has 0 aliphatic carbocycles. The average Bonchev–Trinajstić information content (AvgIpc) is 3.17. The fourth-order valence-corrected chi connectivity index (χ4v) is 5.49. The molecule has 37 heavy (non-hydrogen) atoms. The summed E-state index contributed by atoms with van der Waals surface area (Å²) >= 11 is 6.85. The summed E-state index contributed by atoms with van der Waals surface area (Å²) in [6, 6.07) is 28.4. The molecule has 186 valence electrons. The van der Waals surface area contributed by atoms with Gasteiger partial charge < -0.3 is 9.47 Å². The summed E-state index contributed by atoms with van der Waals surface area (Å²) in [6.07, 6.45) is 1.87. The summed E-state index contributed by atoms with van der Waals surface area (Å²) in [5.74, 6) is 1.23. The van der Waals surface area contributed by atoms with Crippen LogP contribution in [0, 0.1) is 6.92 Å². The summed E-state index contributed by atoms with van der Waals surface area (Å²) in [5.41, 5.74) is 4.21. The highest BCUT2D eigenvalue weighted by Gasteiger charge is 2.32. The van der Waals surface area contributed by atoms with Gasteiger partial charge >= 0.3 is 0 Å². The van der Waals surface area contributed by atoms with Gasteiger partial charge in [0, 0.05) is 0 Å². The number of aryl methyl sites for hydroxylation is 1. The second-order valence-electron chi connectivity index (χ2n) is 8.82. The molecular weight excluding hydrogens is 498 g/mol. The highest BCUT2D eigenvalue weighted by molar-refractivity contribution is 8.26. The third-order valence-corrected chi connectivity index (χ3v) is 7.54. The van der Waals surface area contributed by atoms with Crippen molar-refractivity contribution in [3.8, 4) is 11.5 Å². The summed E-state index contributed by atoms with van der Waals surface area (Å²) in [5, 5.41) is 2.36. The molecule has 4 aromatic rings. The molecule has 6 heteroatoms. The SMILES string of the molecule is CCOc1cc(C=C2SC(=S)N(Cc3ccc(C)cc3)C2=O)ccc1OCc1cccc2ccccc12. The quantitative estimate of drug-likeness (QED) is 0.176. The number of ether oxygens (including phenoxy) is 2. The second kappa shape index (κ2) is 11.2. The van der Waals surface area contributed by atoms with Crippen molar-refractivity contribution in [3.05, 3.63) is 112 Å². The largest absolute Gasteiger partial charge is 0.490 e. The third kappa shape index (κ3) is 5.71. The molecule has 0 saturated carbocycles. The minimum Gasteiger partial charge on any atom is -0.490 e. The topological polar surface area (TPSA) is 38.8 Å². The van der Waals surface area contributed by atoms with E-state index >= 15 is 0 Å². The maximum atomic E-state index is 13.1. The van der Waals surface area contributed by atoms with Crippen LogP contribution in [0.5, 0.6) is 11.5 Å². The molecular formula is C31H27NO3S2. The van der Waals surface area contributed by atoms with E-state index < -0.39 is 0 Å². The number of thiocarbonyl (C=S) groups is 1. The van der Waals surface area contributed by atoms with Crippen LogP contribution in [0.4, 0.5) is 0 Å². The summed E-state index contributed by atoms with van der Waals surface area (Å²) in [4.78, 5) is 15.4. The van der Waals surface area contributed by atoms with Crippen molar-refractivity contribution in [1.82, 2.24) is 4.90 Å². The summed E-state index contributed by atoms with van der Waals surface area (Å²) < 4.78 is 12.7. The van der Waals surface area contributed by atoms with Gasteiger partial charge in [0.05, 0.1) is 18.1 Å². The van der Waals surface area contributed by atoms with Gasteiger partial charge in [-0.1, -0.05) is 102 Å². The number of hydrogen-bond acceptors (Lipinski definition) is 5. The highest BCUT2D eigenvalue weighted by Crippen LogP contribution is 2.36. The number of thioether (sulfide) groups is 1. The van der Waals surface area contributed by atoms with Gasteiger partial charge in [0.1, 0.15) is 10.9 Å². The van der Waals surface area contributed by atoms with Gasteiger partial charge in [0.25, 0.3) is 5.91 Å². The lowest BCUT2D eigenvalue weighted by Crippen LogP contribution is -2.27. The van der Waals surface area contributed by atoms with E-state index in [0.29, 0.717) is 40.5 Å². The summed E-state index contributed by atoms with van der Waals surface area (Å²) in [7, 11) is 0. The van der Waals surface area contributed by atoms with Crippen LogP contribution in [0.1, 0.15) is 29.2 Å². The van der Waals surface area contributed by atoms with Crippen molar-refractivity contribution in [2.75, 3.05) is 6.61 Å². The standard InChI is InChI=1S/C31H27NO3S2/c1-3-34-28-17-23(15-16-27(28)35-20-25-9-6-8-24-7-4-5-10-26(24)25)18-29-30(33)32(31(36)37-29)19-22-13-11-21(2)12-14-22/h4-18H,3,19-20H2,1-2H3. The monoisotopic (exact) mass is 525 g/mol. The molecule has 1 amide bonds. The minimum atomic E-state index is -0.0789. The van der Waals surface area contributed by atoms with Crippen molar-refractivity contribution in [2.24, 2.45) is 0 Å². The van der Waals surface area contributed by atoms with Crippen molar-refractivity contribution < 1.29 is 14.3 Å². The van der Waals surface area contributed by atoms with E-state index in [0.717, 1.165) is 16.7 Å². The Morgan fingerprint density at radius 3 is 2.51 bits per heavy atom. The Bertz CT molecular complexity index is 1490. The molecule has 1 saturated heterocycles. The van der Waals surface area contributed by atoms with Crippen LogP contribution < -0.4 is 9.47 Å². The average molecular weight is 526 g/mol. The van der Waals surface area contributed by atoms with E-state index in [4.69, 9.17) is 21.7 Å². The van der Waals surface area contributed by atoms with E-state index in [1.54, 1.807) is 4.90 Å². The fraction of sp³-hybridized carbons (Fsp3) is 0.161. The highest BCUT2D eigenvalue weighted by atomic mass is 32.2. The van der Waals surface area contributed by atoms with Gasteiger partial charge in [-0.15, -0.1) is 0 Å². The molecule has 0 atom stereocenters. The van der Waals surface area contributed by atoms with E-state index in [2.05, 4.69) is 24.3 Å². The zero-order valence-corrected chi connectivity index (χ0v) is 22.4. The molecule has 0 N–H and O–H groups in total. The number of carbonyl (C=O) groups excluding carboxylic acids is 1. The smallest absolute Gasteiger partial charge is 0.266 e. The molecule has 1 fully saturated rings. The lowest BCUT2D eigenvalue weighted by molar-refractivity contribution is -0.122. The first-order valence-electron chi connectivity index (χ1n) is 12.2. The Hall–Kier alpha value is -3.61. The first kappa shape index (κ1) is 25.1. The van der Waals surface area contributed by atoms with Crippen LogP contribution in [0.15, 0.2) is 89.8 Å². The Kier molecular flexibility index (Phi) is 7.58. The molecule has 0 aromatic heterocycles. The normalized spacial score (nSPS) is 14.5. The number of benzene rings is 4. The molecule has 0 bridgehead atoms. The maximum absolute atomic E-state index is 13.1. The van der Waals surface area contributed by atoms with Crippen molar-refractivity contribution >= 4 is 51.1 Å². The Morgan fingerprint density at radius 2 is 1.70 bits per heavy atom. The first-order chi connectivity index (χ1) is 18.0. The molecule has 1 aliphatic heterocycles. The predicted molar refractivity (Wildman–Crippen MR) is 156 cm³/mol. The van der Waals surface area contributed by atoms with E-state index in [1.165, 1.54) is 28.1 Å². The van der Waals surface area contributed by atoms with Gasteiger partial charge in [-0.25, -0.2) is 0 Å². The van der Waals surface area contributed by atoms with E-state index in [-0.39, 0.29) is 5.91 Å². The van der Waals surface area contributed by atoms with Crippen molar-refractivity contribution in [2.45, 2.75) is 27.0 Å². The molecule has 0 radical (unpaired) electrons. The van der Waals surface area contributed by atoms with Crippen LogP contribution in [-0.2, 0) is 17.9 Å². The zero-order chi connectivity index (χ0) is 25.8. The molecule has 1 heterocycles. The molecule has 0 spiro atoms. The molecule has 1 aliphatic rings. The summed E-state index contributed by atoms with van der Waals surface area (Å²) in [6.45, 7) is 5.39. The van der Waals surface area contributed by atoms with Crippen LogP contribution in [0.25, 0.3) is 16.8 Å². The lowest BCUT2D eigenvalue weighted by atomic mass is 10.1. The van der Waals surface area contributed by atoms with Gasteiger partial charge in [0.2, 0.25) is 0 Å². The number of hydrogen-bond donors (Lipinski definition) is 0. The van der Waals surface area contributed by atoms with Crippen LogP contribution >= 0.6 is 24.0 Å². The van der Waals surface area contributed by atoms with Crippen LogP contribution in [0.3, 0.4) is 0 Å². The molecule has 5 rings (SSSR count). The van der Waals surface area contributed by atoms with Crippen molar-refractivity contribution in [3.63, 3.8) is 0 Å². The molecule has 4 aromatic carbocycles. The van der Waals surface area contributed by atoms with Crippen LogP contribution in [-0.4, -0.2) is 21.7 Å². The Balaban J connectivity index is 1.34. The van der Waals surface area contributed by atoms with E-state index in [9.17, 15) is 4.79 Å². The second-order valence-corrected chi connectivity index (χ2v) is 10.5. The zero-order valence-electron chi connectivity index (χ0n) is 20.8. The van der Waals surface area contributed by atoms with Crippen molar-refractivity contribution in [1.29, 1.82) is 0 Å². The van der Waals surface area contributed by atoms with Gasteiger partial charge in [-0.3, -0.25) is 9.69 Å². The van der Waals surface area contributed by atoms with Gasteiger partial charge in [-0.05, 0) is 59.5 Å². The van der Waals surface area contributed by atoms with E-state index in [1.807, 2.05) is 80.6 Å². The van der Waals surface area contributed by atoms with Gasteiger partial charge in [-0.2, -0.15) is 0 Å². The van der Waals surface area contributed by atoms with Crippen LogP contribution in [0.2, 0.25) is 0 Å². The number of rotatable bonds is 8. The predicted octanol–water partition coefficient (Wildman–Crippen LogP) is 7.53. The lowest BCUT2D eigenvalue weighted by Gasteiger charge is -2.15. The number of amides is 1. The maximum Gasteiger partial charge on any atom is 0.266 e. The Labute approximate surface area is 226 Å². The number of fused-ring (bicyclic) bond motifs is 1. The first-order valence-corrected chi connectivity index (χ1v) is 13.4. The minimum absolute atomic E-state index is 0.0789. The van der Waals surface area contributed by atoms with Gasteiger partial charge in [0.15, 0.2) is 11.5 Å². The fourth-order valence-electron chi connectivity index (χ4n) is 4.24. The number of carbonyl (C=O) groups is 1. The molecule has 0 unspecified atom stereocenters. The number of nitrogens with zero attached hydrogens (tertiary/aromatic N) is 1. The molecule has 4 nitrogen and oxygen atoms in total.